The molecule has 1 aliphatic rings. The van der Waals surface area contributed by atoms with Crippen molar-refractivity contribution >= 4 is 0 Å². The van der Waals surface area contributed by atoms with E-state index >= 15 is 0 Å². The zero-order valence-electron chi connectivity index (χ0n) is 15.6. The lowest BCUT2D eigenvalue weighted by Crippen LogP contribution is -2.19. The number of ether oxygens (including phenoxy) is 1. The van der Waals surface area contributed by atoms with Crippen LogP contribution >= 0.6 is 0 Å². The van der Waals surface area contributed by atoms with Crippen molar-refractivity contribution in [2.75, 3.05) is 19.7 Å². The van der Waals surface area contributed by atoms with Crippen LogP contribution in [0.1, 0.15) is 41.2 Å². The van der Waals surface area contributed by atoms with Gasteiger partial charge in [0, 0.05) is 24.9 Å². The number of nitrogens with one attached hydrogen (secondary N) is 1. The Balaban J connectivity index is 1.75. The van der Waals surface area contributed by atoms with Crippen LogP contribution in [0.5, 0.6) is 0 Å². The van der Waals surface area contributed by atoms with Crippen molar-refractivity contribution in [2.45, 2.75) is 31.3 Å². The van der Waals surface area contributed by atoms with Crippen LogP contribution in [0.15, 0.2) is 48.5 Å². The number of halogens is 6. The predicted octanol–water partition coefficient (Wildman–Crippen LogP) is 5.81. The first-order valence-electron chi connectivity index (χ1n) is 9.22. The van der Waals surface area contributed by atoms with Crippen molar-refractivity contribution in [3.63, 3.8) is 0 Å². The number of alkyl halides is 6. The van der Waals surface area contributed by atoms with E-state index in [-0.39, 0.29) is 30.1 Å². The number of hydrogen-bond donors (Lipinski definition) is 1. The second-order valence-electron chi connectivity index (χ2n) is 7.25. The van der Waals surface area contributed by atoms with E-state index in [0.717, 1.165) is 24.2 Å². The topological polar surface area (TPSA) is 21.3 Å². The maximum Gasteiger partial charge on any atom is 0.416 e. The third kappa shape index (κ3) is 5.30. The van der Waals surface area contributed by atoms with Crippen LogP contribution < -0.4 is 5.32 Å². The van der Waals surface area contributed by atoms with Gasteiger partial charge in [-0.3, -0.25) is 0 Å². The highest BCUT2D eigenvalue weighted by atomic mass is 19.4. The molecule has 1 saturated heterocycles. The van der Waals surface area contributed by atoms with Gasteiger partial charge in [-0.1, -0.05) is 30.3 Å². The van der Waals surface area contributed by atoms with E-state index in [1.165, 1.54) is 6.92 Å². The Morgan fingerprint density at radius 2 is 1.52 bits per heavy atom. The fourth-order valence-electron chi connectivity index (χ4n) is 3.58. The fraction of sp³-hybridized carbons (Fsp3) is 0.429. The minimum absolute atomic E-state index is 0.0766. The van der Waals surface area contributed by atoms with Gasteiger partial charge in [-0.25, -0.2) is 0 Å². The summed E-state index contributed by atoms with van der Waals surface area (Å²) in [5.74, 6) is 0.253. The molecule has 1 N–H and O–H groups in total. The summed E-state index contributed by atoms with van der Waals surface area (Å²) in [6.07, 6.45) is -10.7. The smallest absolute Gasteiger partial charge is 0.373 e. The molecule has 2 aromatic rings. The molecule has 2 aromatic carbocycles. The molecule has 1 aliphatic heterocycles. The second kappa shape index (κ2) is 8.36. The fourth-order valence-corrected chi connectivity index (χ4v) is 3.58. The van der Waals surface area contributed by atoms with Gasteiger partial charge in [-0.2, -0.15) is 26.3 Å². The number of rotatable bonds is 5. The SMILES string of the molecule is CC(OC[C@@H]1CNC[C@H]1c1ccccc1)c1cc(C(F)(F)F)cc(C(F)(F)F)c1. The first kappa shape index (κ1) is 21.6. The van der Waals surface area contributed by atoms with Gasteiger partial charge >= 0.3 is 12.4 Å². The van der Waals surface area contributed by atoms with Crippen molar-refractivity contribution in [1.82, 2.24) is 5.32 Å². The molecule has 8 heteroatoms. The van der Waals surface area contributed by atoms with Crippen LogP contribution in [0.2, 0.25) is 0 Å². The number of benzene rings is 2. The average molecular weight is 417 g/mol. The molecule has 1 fully saturated rings. The minimum atomic E-state index is -4.87. The molecular weight excluding hydrogens is 396 g/mol. The van der Waals surface area contributed by atoms with E-state index < -0.39 is 29.6 Å². The summed E-state index contributed by atoms with van der Waals surface area (Å²) in [6.45, 7) is 3.11. The second-order valence-corrected chi connectivity index (χ2v) is 7.25. The van der Waals surface area contributed by atoms with Gasteiger partial charge < -0.3 is 10.1 Å². The van der Waals surface area contributed by atoms with Gasteiger partial charge in [0.2, 0.25) is 0 Å². The molecule has 0 radical (unpaired) electrons. The Hall–Kier alpha value is -2.06. The van der Waals surface area contributed by atoms with Crippen LogP contribution in [0.4, 0.5) is 26.3 Å². The Morgan fingerprint density at radius 3 is 2.07 bits per heavy atom. The van der Waals surface area contributed by atoms with Gasteiger partial charge in [-0.05, 0) is 36.2 Å². The van der Waals surface area contributed by atoms with E-state index in [1.807, 2.05) is 30.3 Å². The Morgan fingerprint density at radius 1 is 0.931 bits per heavy atom. The molecule has 3 atom stereocenters. The minimum Gasteiger partial charge on any atom is -0.373 e. The lowest BCUT2D eigenvalue weighted by Gasteiger charge is -2.23. The summed E-state index contributed by atoms with van der Waals surface area (Å²) >= 11 is 0. The normalized spacial score (nSPS) is 21.3. The Labute approximate surface area is 164 Å². The quantitative estimate of drug-likeness (QED) is 0.621. The van der Waals surface area contributed by atoms with Crippen molar-refractivity contribution in [3.8, 4) is 0 Å². The van der Waals surface area contributed by atoms with Crippen LogP contribution in [-0.2, 0) is 17.1 Å². The molecule has 29 heavy (non-hydrogen) atoms. The van der Waals surface area contributed by atoms with Crippen molar-refractivity contribution in [3.05, 3.63) is 70.8 Å². The van der Waals surface area contributed by atoms with Crippen LogP contribution in [0.3, 0.4) is 0 Å². The molecule has 3 rings (SSSR count). The van der Waals surface area contributed by atoms with Crippen molar-refractivity contribution in [1.29, 1.82) is 0 Å². The summed E-state index contributed by atoms with van der Waals surface area (Å²) in [7, 11) is 0. The van der Waals surface area contributed by atoms with Gasteiger partial charge in [-0.15, -0.1) is 0 Å². The molecule has 2 nitrogen and oxygen atoms in total. The summed E-state index contributed by atoms with van der Waals surface area (Å²) < 4.78 is 84.0. The Bertz CT molecular complexity index is 786. The summed E-state index contributed by atoms with van der Waals surface area (Å²) in [6, 6.07) is 11.3. The van der Waals surface area contributed by atoms with E-state index in [1.54, 1.807) is 0 Å². The Kier molecular flexibility index (Phi) is 6.24. The van der Waals surface area contributed by atoms with Gasteiger partial charge in [0.15, 0.2) is 0 Å². The predicted molar refractivity (Wildman–Crippen MR) is 96.4 cm³/mol. The van der Waals surface area contributed by atoms with Gasteiger partial charge in [0.1, 0.15) is 0 Å². The molecule has 1 heterocycles. The van der Waals surface area contributed by atoms with Crippen molar-refractivity contribution < 1.29 is 31.1 Å². The highest BCUT2D eigenvalue weighted by Gasteiger charge is 2.37. The summed E-state index contributed by atoms with van der Waals surface area (Å²) in [4.78, 5) is 0. The largest absolute Gasteiger partial charge is 0.416 e. The maximum absolute atomic E-state index is 13.1. The van der Waals surface area contributed by atoms with Crippen LogP contribution in [0, 0.1) is 5.92 Å². The van der Waals surface area contributed by atoms with Gasteiger partial charge in [0.05, 0.1) is 23.8 Å². The van der Waals surface area contributed by atoms with E-state index in [4.69, 9.17) is 4.74 Å². The molecule has 0 amide bonds. The van der Waals surface area contributed by atoms with E-state index in [9.17, 15) is 26.3 Å². The molecule has 0 bridgehead atoms. The first-order valence-corrected chi connectivity index (χ1v) is 9.22. The molecule has 0 aliphatic carbocycles. The average Bonchev–Trinajstić information content (AvgIpc) is 3.13. The highest BCUT2D eigenvalue weighted by molar-refractivity contribution is 5.34. The van der Waals surface area contributed by atoms with E-state index in [0.29, 0.717) is 6.54 Å². The third-order valence-corrected chi connectivity index (χ3v) is 5.21. The zero-order chi connectivity index (χ0) is 21.2. The molecule has 158 valence electrons. The third-order valence-electron chi connectivity index (χ3n) is 5.21. The molecule has 0 aromatic heterocycles. The zero-order valence-corrected chi connectivity index (χ0v) is 15.6. The highest BCUT2D eigenvalue weighted by Crippen LogP contribution is 2.38. The standard InChI is InChI=1S/C21H21F6NO/c1-13(15-7-17(20(22,23)24)9-18(8-15)21(25,26)27)29-12-16-10-28-11-19(16)14-5-3-2-4-6-14/h2-9,13,16,19,28H,10-12H2,1H3/t13?,16-,19-/m0/s1. The van der Waals surface area contributed by atoms with Gasteiger partial charge in [0.25, 0.3) is 0 Å². The first-order chi connectivity index (χ1) is 13.6. The molecule has 1 unspecified atom stereocenters. The molecular formula is C21H21F6NO. The van der Waals surface area contributed by atoms with Crippen LogP contribution in [-0.4, -0.2) is 19.7 Å². The summed E-state index contributed by atoms with van der Waals surface area (Å²) in [5.41, 5.74) is -1.68. The van der Waals surface area contributed by atoms with E-state index in [2.05, 4.69) is 5.32 Å². The lowest BCUT2D eigenvalue weighted by atomic mass is 9.89. The monoisotopic (exact) mass is 417 g/mol. The van der Waals surface area contributed by atoms with Crippen LogP contribution in [0.25, 0.3) is 0 Å². The summed E-state index contributed by atoms with van der Waals surface area (Å²) in [5, 5.41) is 3.26. The molecule has 0 spiro atoms. The number of hydrogen-bond acceptors (Lipinski definition) is 2. The maximum atomic E-state index is 13.1. The van der Waals surface area contributed by atoms with Crippen molar-refractivity contribution in [2.24, 2.45) is 5.92 Å². The molecule has 0 saturated carbocycles. The lowest BCUT2D eigenvalue weighted by molar-refractivity contribution is -0.143.